The summed E-state index contributed by atoms with van der Waals surface area (Å²) in [5.74, 6) is -0.634. The summed E-state index contributed by atoms with van der Waals surface area (Å²) >= 11 is 1.63. The third kappa shape index (κ3) is 3.41. The number of hydrogen-bond acceptors (Lipinski definition) is 3. The van der Waals surface area contributed by atoms with Crippen LogP contribution in [0, 0.1) is 5.41 Å². The Morgan fingerprint density at radius 3 is 2.27 bits per heavy atom. The number of carbonyl (C=O) groups is 2. The van der Waals surface area contributed by atoms with E-state index in [1.165, 1.54) is 18.7 Å². The van der Waals surface area contributed by atoms with Crippen LogP contribution < -0.4 is 0 Å². The molecule has 0 saturated carbocycles. The Bertz CT molecular complexity index is 253. The van der Waals surface area contributed by atoms with Crippen molar-refractivity contribution in [3.63, 3.8) is 0 Å². The Morgan fingerprint density at radius 2 is 1.93 bits per heavy atom. The molecular weight excluding hydrogens is 214 g/mol. The van der Waals surface area contributed by atoms with Crippen LogP contribution in [0.15, 0.2) is 0 Å². The third-order valence-electron chi connectivity index (χ3n) is 2.46. The van der Waals surface area contributed by atoms with E-state index >= 15 is 0 Å². The van der Waals surface area contributed by atoms with Crippen molar-refractivity contribution in [2.75, 3.05) is 19.1 Å². The summed E-state index contributed by atoms with van der Waals surface area (Å²) in [4.78, 5) is 24.3. The summed E-state index contributed by atoms with van der Waals surface area (Å²) in [6.45, 7) is 4.77. The minimum atomic E-state index is -1.35. The van der Waals surface area contributed by atoms with Gasteiger partial charge in [-0.2, -0.15) is 11.8 Å². The van der Waals surface area contributed by atoms with Crippen molar-refractivity contribution in [1.29, 1.82) is 0 Å². The van der Waals surface area contributed by atoms with Gasteiger partial charge in [0.25, 0.3) is 0 Å². The summed E-state index contributed by atoms with van der Waals surface area (Å²) in [7, 11) is 1.65. The molecule has 0 bridgehead atoms. The fourth-order valence-corrected chi connectivity index (χ4v) is 1.79. The van der Waals surface area contributed by atoms with E-state index in [-0.39, 0.29) is 11.9 Å². The van der Waals surface area contributed by atoms with Crippen LogP contribution in [0.1, 0.15) is 20.8 Å². The van der Waals surface area contributed by atoms with Crippen molar-refractivity contribution in [1.82, 2.24) is 4.90 Å². The van der Waals surface area contributed by atoms with E-state index in [1.54, 1.807) is 18.8 Å². The Hall–Kier alpha value is -0.710. The molecule has 0 aromatic carbocycles. The van der Waals surface area contributed by atoms with E-state index in [4.69, 9.17) is 5.11 Å². The number of amides is 1. The van der Waals surface area contributed by atoms with Gasteiger partial charge in [0.1, 0.15) is 5.41 Å². The maximum atomic E-state index is 11.9. The number of hydrogen-bond donors (Lipinski definition) is 1. The molecule has 0 fully saturated rings. The van der Waals surface area contributed by atoms with E-state index in [1.807, 2.05) is 13.2 Å². The molecule has 0 aliphatic carbocycles. The quantitative estimate of drug-likeness (QED) is 0.727. The smallest absolute Gasteiger partial charge is 0.318 e. The van der Waals surface area contributed by atoms with Crippen LogP contribution in [-0.4, -0.2) is 47.0 Å². The number of carboxylic acids is 1. The summed E-state index contributed by atoms with van der Waals surface area (Å²) in [6, 6.07) is 0.0473. The van der Waals surface area contributed by atoms with Gasteiger partial charge in [-0.1, -0.05) is 0 Å². The average molecular weight is 233 g/mol. The van der Waals surface area contributed by atoms with Crippen LogP contribution in [0.2, 0.25) is 0 Å². The topological polar surface area (TPSA) is 57.6 Å². The van der Waals surface area contributed by atoms with E-state index < -0.39 is 11.4 Å². The van der Waals surface area contributed by atoms with Crippen LogP contribution in [0.5, 0.6) is 0 Å². The summed E-state index contributed by atoms with van der Waals surface area (Å²) < 4.78 is 0. The predicted octanol–water partition coefficient (Wildman–Crippen LogP) is 1.31. The van der Waals surface area contributed by atoms with Gasteiger partial charge in [0.2, 0.25) is 5.91 Å². The van der Waals surface area contributed by atoms with Gasteiger partial charge in [-0.25, -0.2) is 0 Å². The molecule has 4 nitrogen and oxygen atoms in total. The molecule has 1 amide bonds. The monoisotopic (exact) mass is 233 g/mol. The molecule has 0 aliphatic rings. The molecule has 0 radical (unpaired) electrons. The molecule has 0 aliphatic heterocycles. The normalized spacial score (nSPS) is 13.4. The zero-order valence-corrected chi connectivity index (χ0v) is 10.7. The lowest BCUT2D eigenvalue weighted by atomic mass is 9.91. The van der Waals surface area contributed by atoms with Crippen molar-refractivity contribution in [3.05, 3.63) is 0 Å². The molecule has 0 spiro atoms. The van der Waals surface area contributed by atoms with Crippen molar-refractivity contribution >= 4 is 23.6 Å². The minimum absolute atomic E-state index is 0.0473. The fourth-order valence-electron chi connectivity index (χ4n) is 1.09. The standard InChI is InChI=1S/C10H19NO3S/c1-7(6-15-5)11(4)8(12)10(2,3)9(13)14/h7H,6H2,1-5H3,(H,13,14). The number of nitrogens with zero attached hydrogens (tertiary/aromatic N) is 1. The van der Waals surface area contributed by atoms with Crippen molar-refractivity contribution in [2.45, 2.75) is 26.8 Å². The summed E-state index contributed by atoms with van der Waals surface area (Å²) in [5.41, 5.74) is -1.35. The molecular formula is C10H19NO3S. The highest BCUT2D eigenvalue weighted by atomic mass is 32.2. The molecule has 1 N–H and O–H groups in total. The maximum Gasteiger partial charge on any atom is 0.318 e. The van der Waals surface area contributed by atoms with Crippen LogP contribution in [0.3, 0.4) is 0 Å². The van der Waals surface area contributed by atoms with Gasteiger partial charge in [0, 0.05) is 18.8 Å². The van der Waals surface area contributed by atoms with Gasteiger partial charge in [-0.15, -0.1) is 0 Å². The van der Waals surface area contributed by atoms with Crippen molar-refractivity contribution < 1.29 is 14.7 Å². The molecule has 88 valence electrons. The number of aliphatic carboxylic acids is 1. The summed E-state index contributed by atoms with van der Waals surface area (Å²) in [5, 5.41) is 8.92. The molecule has 0 aromatic heterocycles. The van der Waals surface area contributed by atoms with Gasteiger partial charge >= 0.3 is 5.97 Å². The first kappa shape index (κ1) is 14.3. The molecule has 0 saturated heterocycles. The molecule has 1 atom stereocenters. The highest BCUT2D eigenvalue weighted by Crippen LogP contribution is 2.20. The number of thioether (sulfide) groups is 1. The lowest BCUT2D eigenvalue weighted by Crippen LogP contribution is -2.47. The molecule has 5 heteroatoms. The predicted molar refractivity (Wildman–Crippen MR) is 62.0 cm³/mol. The second-order valence-corrected chi connectivity index (χ2v) is 5.06. The van der Waals surface area contributed by atoms with Gasteiger partial charge in [0.15, 0.2) is 0 Å². The third-order valence-corrected chi connectivity index (χ3v) is 3.27. The molecule has 1 unspecified atom stereocenters. The minimum Gasteiger partial charge on any atom is -0.480 e. The van der Waals surface area contributed by atoms with Gasteiger partial charge in [-0.05, 0) is 27.0 Å². The number of rotatable bonds is 5. The zero-order chi connectivity index (χ0) is 12.2. The molecule has 15 heavy (non-hydrogen) atoms. The number of carboxylic acid groups (broad SMARTS) is 1. The fraction of sp³-hybridized carbons (Fsp3) is 0.800. The van der Waals surface area contributed by atoms with Gasteiger partial charge < -0.3 is 10.0 Å². The Balaban J connectivity index is 4.64. The van der Waals surface area contributed by atoms with Gasteiger partial charge in [-0.3, -0.25) is 9.59 Å². The first-order valence-electron chi connectivity index (χ1n) is 4.74. The van der Waals surface area contributed by atoms with Gasteiger partial charge in [0.05, 0.1) is 0 Å². The lowest BCUT2D eigenvalue weighted by Gasteiger charge is -2.30. The molecule has 0 rings (SSSR count). The highest BCUT2D eigenvalue weighted by molar-refractivity contribution is 7.98. The Morgan fingerprint density at radius 1 is 1.47 bits per heavy atom. The largest absolute Gasteiger partial charge is 0.480 e. The van der Waals surface area contributed by atoms with E-state index in [9.17, 15) is 9.59 Å². The van der Waals surface area contributed by atoms with E-state index in [2.05, 4.69) is 0 Å². The molecule has 0 heterocycles. The van der Waals surface area contributed by atoms with Crippen LogP contribution >= 0.6 is 11.8 Å². The zero-order valence-electron chi connectivity index (χ0n) is 9.90. The Kier molecular flexibility index (Phi) is 5.14. The average Bonchev–Trinajstić information content (AvgIpc) is 2.15. The van der Waals surface area contributed by atoms with E-state index in [0.717, 1.165) is 5.75 Å². The Labute approximate surface area is 95.0 Å². The van der Waals surface area contributed by atoms with Crippen molar-refractivity contribution in [2.24, 2.45) is 5.41 Å². The first-order valence-corrected chi connectivity index (χ1v) is 6.14. The second kappa shape index (κ2) is 5.39. The SMILES string of the molecule is CSCC(C)N(C)C(=O)C(C)(C)C(=O)O. The van der Waals surface area contributed by atoms with Crippen LogP contribution in [0.4, 0.5) is 0 Å². The lowest BCUT2D eigenvalue weighted by molar-refractivity contribution is -0.158. The maximum absolute atomic E-state index is 11.9. The first-order chi connectivity index (χ1) is 6.75. The van der Waals surface area contributed by atoms with Crippen LogP contribution in [0.25, 0.3) is 0 Å². The highest BCUT2D eigenvalue weighted by Gasteiger charge is 2.39. The molecule has 0 aromatic rings. The van der Waals surface area contributed by atoms with Crippen LogP contribution in [-0.2, 0) is 9.59 Å². The van der Waals surface area contributed by atoms with Crippen molar-refractivity contribution in [3.8, 4) is 0 Å². The van der Waals surface area contributed by atoms with E-state index in [0.29, 0.717) is 0 Å². The summed E-state index contributed by atoms with van der Waals surface area (Å²) in [6.07, 6.45) is 1.96. The number of carbonyl (C=O) groups excluding carboxylic acids is 1. The second-order valence-electron chi connectivity index (χ2n) is 4.15.